The predicted molar refractivity (Wildman–Crippen MR) is 58.0 cm³/mol. The number of carbonyl (C=O) groups is 1. The van der Waals surface area contributed by atoms with Crippen molar-refractivity contribution < 1.29 is 18.7 Å². The summed E-state index contributed by atoms with van der Waals surface area (Å²) in [4.78, 5) is 11.0. The second-order valence-electron chi connectivity index (χ2n) is 3.87. The Kier molecular flexibility index (Phi) is 2.74. The molecule has 2 rings (SSSR count). The first-order chi connectivity index (χ1) is 7.48. The van der Waals surface area contributed by atoms with E-state index in [9.17, 15) is 13.6 Å². The highest BCUT2D eigenvalue weighted by molar-refractivity contribution is 9.09. The van der Waals surface area contributed by atoms with E-state index in [-0.39, 0.29) is 10.4 Å². The van der Waals surface area contributed by atoms with Gasteiger partial charge in [0.15, 0.2) is 0 Å². The standard InChI is InChI=1S/C11H9BrF2O2/c12-8-5-11(8,10(15)16)7-3-1-2-6(4-7)9(13)14/h1-4,8-9H,5H2,(H,15,16). The van der Waals surface area contributed by atoms with Gasteiger partial charge in [-0.3, -0.25) is 4.79 Å². The topological polar surface area (TPSA) is 37.3 Å². The number of alkyl halides is 3. The van der Waals surface area contributed by atoms with E-state index in [1.54, 1.807) is 6.07 Å². The van der Waals surface area contributed by atoms with Crippen molar-refractivity contribution in [2.24, 2.45) is 0 Å². The van der Waals surface area contributed by atoms with Gasteiger partial charge in [0.25, 0.3) is 6.43 Å². The molecule has 0 bridgehead atoms. The maximum Gasteiger partial charge on any atom is 0.315 e. The number of carboxylic acids is 1. The summed E-state index contributed by atoms with van der Waals surface area (Å²) < 4.78 is 25.0. The summed E-state index contributed by atoms with van der Waals surface area (Å²) in [5.74, 6) is -0.971. The number of aliphatic carboxylic acids is 1. The van der Waals surface area contributed by atoms with Crippen LogP contribution in [0.15, 0.2) is 24.3 Å². The van der Waals surface area contributed by atoms with E-state index >= 15 is 0 Å². The molecule has 1 saturated carbocycles. The van der Waals surface area contributed by atoms with Gasteiger partial charge in [-0.05, 0) is 18.1 Å². The minimum Gasteiger partial charge on any atom is -0.481 e. The van der Waals surface area contributed by atoms with Crippen LogP contribution < -0.4 is 0 Å². The first-order valence-electron chi connectivity index (χ1n) is 4.74. The van der Waals surface area contributed by atoms with Gasteiger partial charge in [-0.15, -0.1) is 0 Å². The van der Waals surface area contributed by atoms with E-state index in [1.165, 1.54) is 18.2 Å². The van der Waals surface area contributed by atoms with Crippen LogP contribution in [0.25, 0.3) is 0 Å². The zero-order chi connectivity index (χ0) is 11.9. The van der Waals surface area contributed by atoms with Crippen LogP contribution in [0, 0.1) is 0 Å². The molecule has 0 saturated heterocycles. The Morgan fingerprint density at radius 2 is 2.19 bits per heavy atom. The summed E-state index contributed by atoms with van der Waals surface area (Å²) in [6.07, 6.45) is -2.13. The van der Waals surface area contributed by atoms with E-state index in [1.807, 2.05) is 0 Å². The second kappa shape index (κ2) is 3.80. The van der Waals surface area contributed by atoms with E-state index in [0.29, 0.717) is 12.0 Å². The van der Waals surface area contributed by atoms with Gasteiger partial charge in [0.1, 0.15) is 5.41 Å². The van der Waals surface area contributed by atoms with Crippen molar-refractivity contribution in [3.8, 4) is 0 Å². The number of rotatable bonds is 3. The summed E-state index contributed by atoms with van der Waals surface area (Å²) in [5.41, 5.74) is -0.713. The molecule has 1 N–H and O–H groups in total. The van der Waals surface area contributed by atoms with Gasteiger partial charge >= 0.3 is 5.97 Å². The van der Waals surface area contributed by atoms with Crippen molar-refractivity contribution >= 4 is 21.9 Å². The Morgan fingerprint density at radius 3 is 2.62 bits per heavy atom. The monoisotopic (exact) mass is 290 g/mol. The predicted octanol–water partition coefficient (Wildman–Crippen LogP) is 3.11. The Hall–Kier alpha value is -0.970. The maximum atomic E-state index is 12.5. The molecule has 2 unspecified atom stereocenters. The van der Waals surface area contributed by atoms with Crippen molar-refractivity contribution in [1.29, 1.82) is 0 Å². The van der Waals surface area contributed by atoms with Crippen molar-refractivity contribution in [1.82, 2.24) is 0 Å². The van der Waals surface area contributed by atoms with E-state index in [4.69, 9.17) is 5.11 Å². The highest BCUT2D eigenvalue weighted by atomic mass is 79.9. The molecule has 2 atom stereocenters. The number of carboxylic acid groups (broad SMARTS) is 1. The zero-order valence-electron chi connectivity index (χ0n) is 8.16. The Labute approximate surface area is 99.4 Å². The van der Waals surface area contributed by atoms with Crippen LogP contribution >= 0.6 is 15.9 Å². The summed E-state index contributed by atoms with van der Waals surface area (Å²) in [5, 5.41) is 9.14. The van der Waals surface area contributed by atoms with Crippen LogP contribution in [0.2, 0.25) is 0 Å². The van der Waals surface area contributed by atoms with Gasteiger partial charge in [-0.25, -0.2) is 8.78 Å². The lowest BCUT2D eigenvalue weighted by Gasteiger charge is -2.12. The Morgan fingerprint density at radius 1 is 1.56 bits per heavy atom. The highest BCUT2D eigenvalue weighted by Crippen LogP contribution is 2.53. The molecule has 0 radical (unpaired) electrons. The third kappa shape index (κ3) is 1.63. The lowest BCUT2D eigenvalue weighted by molar-refractivity contribution is -0.139. The highest BCUT2D eigenvalue weighted by Gasteiger charge is 2.60. The van der Waals surface area contributed by atoms with Crippen LogP contribution in [-0.4, -0.2) is 15.9 Å². The van der Waals surface area contributed by atoms with Gasteiger partial charge < -0.3 is 5.11 Å². The summed E-state index contributed by atoms with van der Waals surface area (Å²) in [7, 11) is 0. The SMILES string of the molecule is O=C(O)C1(c2cccc(C(F)F)c2)CC1Br. The number of benzene rings is 1. The minimum atomic E-state index is -2.57. The van der Waals surface area contributed by atoms with Crippen molar-refractivity contribution in [2.75, 3.05) is 0 Å². The van der Waals surface area contributed by atoms with Crippen LogP contribution in [0.3, 0.4) is 0 Å². The lowest BCUT2D eigenvalue weighted by atomic mass is 9.94. The summed E-state index contributed by atoms with van der Waals surface area (Å²) >= 11 is 3.24. The Bertz CT molecular complexity index is 436. The molecule has 0 spiro atoms. The molecular weight excluding hydrogens is 282 g/mol. The molecule has 1 aromatic carbocycles. The number of hydrogen-bond acceptors (Lipinski definition) is 1. The largest absolute Gasteiger partial charge is 0.481 e. The summed E-state index contributed by atoms with van der Waals surface area (Å²) in [6.45, 7) is 0. The molecule has 0 amide bonds. The van der Waals surface area contributed by atoms with Gasteiger partial charge in [-0.2, -0.15) is 0 Å². The van der Waals surface area contributed by atoms with Crippen LogP contribution in [0.4, 0.5) is 8.78 Å². The third-order valence-corrected chi connectivity index (χ3v) is 4.02. The third-order valence-electron chi connectivity index (χ3n) is 2.91. The molecule has 1 aromatic rings. The number of hydrogen-bond donors (Lipinski definition) is 1. The van der Waals surface area contributed by atoms with E-state index in [0.717, 1.165) is 0 Å². The first-order valence-corrected chi connectivity index (χ1v) is 5.66. The van der Waals surface area contributed by atoms with E-state index < -0.39 is 17.8 Å². The average Bonchev–Trinajstić information content (AvgIpc) is 2.92. The molecule has 86 valence electrons. The Balaban J connectivity index is 2.41. The first kappa shape index (κ1) is 11.5. The second-order valence-corrected chi connectivity index (χ2v) is 4.98. The number of halogens is 3. The quantitative estimate of drug-likeness (QED) is 0.869. The van der Waals surface area contributed by atoms with Gasteiger partial charge in [0, 0.05) is 10.4 Å². The molecule has 0 heterocycles. The molecule has 1 aliphatic carbocycles. The molecule has 0 aliphatic heterocycles. The molecule has 0 aromatic heterocycles. The van der Waals surface area contributed by atoms with E-state index in [2.05, 4.69) is 15.9 Å². The average molecular weight is 291 g/mol. The van der Waals surface area contributed by atoms with Crippen LogP contribution in [-0.2, 0) is 10.2 Å². The molecule has 1 aliphatic rings. The zero-order valence-corrected chi connectivity index (χ0v) is 9.75. The van der Waals surface area contributed by atoms with Crippen LogP contribution in [0.1, 0.15) is 24.0 Å². The van der Waals surface area contributed by atoms with Crippen molar-refractivity contribution in [3.63, 3.8) is 0 Å². The van der Waals surface area contributed by atoms with Crippen molar-refractivity contribution in [2.45, 2.75) is 23.1 Å². The summed E-state index contributed by atoms with van der Waals surface area (Å²) in [6, 6.07) is 5.64. The molecule has 5 heteroatoms. The van der Waals surface area contributed by atoms with Crippen molar-refractivity contribution in [3.05, 3.63) is 35.4 Å². The fourth-order valence-electron chi connectivity index (χ4n) is 1.82. The smallest absolute Gasteiger partial charge is 0.315 e. The minimum absolute atomic E-state index is 0.135. The van der Waals surface area contributed by atoms with Gasteiger partial charge in [0.2, 0.25) is 0 Å². The van der Waals surface area contributed by atoms with Crippen LogP contribution in [0.5, 0.6) is 0 Å². The molecule has 1 fully saturated rings. The lowest BCUT2D eigenvalue weighted by Crippen LogP contribution is -2.22. The van der Waals surface area contributed by atoms with Gasteiger partial charge in [0.05, 0.1) is 0 Å². The molecule has 16 heavy (non-hydrogen) atoms. The molecular formula is C11H9BrF2O2. The van der Waals surface area contributed by atoms with Gasteiger partial charge in [-0.1, -0.05) is 34.1 Å². The molecule has 2 nitrogen and oxygen atoms in total. The fraction of sp³-hybridized carbons (Fsp3) is 0.364. The fourth-order valence-corrected chi connectivity index (χ4v) is 2.79. The maximum absolute atomic E-state index is 12.5. The normalized spacial score (nSPS) is 28.1.